The Hall–Kier alpha value is -3.22. The molecule has 7 nitrogen and oxygen atoms in total. The maximum atomic E-state index is 12.9. The number of carbonyl (C=O) groups is 2. The van der Waals surface area contributed by atoms with Gasteiger partial charge in [0.2, 0.25) is 0 Å². The van der Waals surface area contributed by atoms with Crippen molar-refractivity contribution in [3.63, 3.8) is 0 Å². The van der Waals surface area contributed by atoms with Crippen molar-refractivity contribution >= 4 is 11.9 Å². The van der Waals surface area contributed by atoms with Gasteiger partial charge in [-0.2, -0.15) is 0 Å². The first-order valence-corrected chi connectivity index (χ1v) is 9.38. The monoisotopic (exact) mass is 399 g/mol. The molecule has 2 aromatic carbocycles. The van der Waals surface area contributed by atoms with Crippen molar-refractivity contribution in [2.45, 2.75) is 25.8 Å². The highest BCUT2D eigenvalue weighted by atomic mass is 16.5. The van der Waals surface area contributed by atoms with E-state index < -0.39 is 12.0 Å². The molecule has 0 aromatic heterocycles. The third-order valence-electron chi connectivity index (χ3n) is 5.04. The number of aliphatic carboxylic acids is 1. The van der Waals surface area contributed by atoms with Gasteiger partial charge in [-0.15, -0.1) is 0 Å². The molecule has 1 atom stereocenters. The Morgan fingerprint density at radius 2 is 1.86 bits per heavy atom. The second kappa shape index (κ2) is 8.86. The summed E-state index contributed by atoms with van der Waals surface area (Å²) in [5.74, 6) is 0.472. The summed E-state index contributed by atoms with van der Waals surface area (Å²) in [4.78, 5) is 26.0. The van der Waals surface area contributed by atoms with Crippen LogP contribution < -0.4 is 14.2 Å². The van der Waals surface area contributed by atoms with E-state index in [1.54, 1.807) is 24.1 Å². The number of methoxy groups -OCH3 is 2. The number of aryl methyl sites for hydroxylation is 1. The fraction of sp³-hybridized carbons (Fsp3) is 0.364. The van der Waals surface area contributed by atoms with Crippen LogP contribution in [0.2, 0.25) is 0 Å². The molecule has 0 radical (unpaired) electrons. The highest BCUT2D eigenvalue weighted by molar-refractivity contribution is 5.80. The van der Waals surface area contributed by atoms with Crippen molar-refractivity contribution in [1.29, 1.82) is 0 Å². The summed E-state index contributed by atoms with van der Waals surface area (Å²) < 4.78 is 16.4. The lowest BCUT2D eigenvalue weighted by atomic mass is 9.90. The summed E-state index contributed by atoms with van der Waals surface area (Å²) in [6.07, 6.45) is 0.403. The smallest absolute Gasteiger partial charge is 0.305 e. The van der Waals surface area contributed by atoms with E-state index in [0.29, 0.717) is 30.2 Å². The lowest BCUT2D eigenvalue weighted by molar-refractivity contribution is -0.142. The van der Waals surface area contributed by atoms with Crippen LogP contribution in [-0.4, -0.2) is 49.3 Å². The summed E-state index contributed by atoms with van der Waals surface area (Å²) in [5.41, 5.74) is 2.75. The molecule has 154 valence electrons. The average Bonchev–Trinajstić information content (AvgIpc) is 2.71. The van der Waals surface area contributed by atoms with Crippen LogP contribution in [0.5, 0.6) is 17.2 Å². The third-order valence-corrected chi connectivity index (χ3v) is 5.04. The Balaban J connectivity index is 1.85. The lowest BCUT2D eigenvalue weighted by Gasteiger charge is -2.37. The van der Waals surface area contributed by atoms with Gasteiger partial charge in [-0.1, -0.05) is 12.1 Å². The zero-order valence-electron chi connectivity index (χ0n) is 16.8. The van der Waals surface area contributed by atoms with Crippen molar-refractivity contribution in [3.05, 3.63) is 53.1 Å². The van der Waals surface area contributed by atoms with Crippen molar-refractivity contribution in [1.82, 2.24) is 4.90 Å². The largest absolute Gasteiger partial charge is 0.493 e. The molecule has 1 aliphatic rings. The Morgan fingerprint density at radius 1 is 1.14 bits per heavy atom. The van der Waals surface area contributed by atoms with Crippen molar-refractivity contribution in [2.75, 3.05) is 27.4 Å². The van der Waals surface area contributed by atoms with Crippen molar-refractivity contribution in [2.24, 2.45) is 0 Å². The molecule has 29 heavy (non-hydrogen) atoms. The molecule has 1 heterocycles. The summed E-state index contributed by atoms with van der Waals surface area (Å²) in [6, 6.07) is 10.5. The van der Waals surface area contributed by atoms with E-state index in [4.69, 9.17) is 14.2 Å². The molecule has 0 aliphatic carbocycles. The number of rotatable bonds is 7. The van der Waals surface area contributed by atoms with Crippen molar-refractivity contribution in [3.8, 4) is 17.2 Å². The van der Waals surface area contributed by atoms with Crippen LogP contribution >= 0.6 is 0 Å². The van der Waals surface area contributed by atoms with Crippen LogP contribution in [0, 0.1) is 6.92 Å². The number of carboxylic acids is 1. The predicted octanol–water partition coefficient (Wildman–Crippen LogP) is 2.99. The molecule has 0 bridgehead atoms. The Labute approximate surface area is 169 Å². The molecular weight excluding hydrogens is 374 g/mol. The summed E-state index contributed by atoms with van der Waals surface area (Å²) in [5, 5.41) is 9.43. The first kappa shape index (κ1) is 20.5. The predicted molar refractivity (Wildman–Crippen MR) is 107 cm³/mol. The summed E-state index contributed by atoms with van der Waals surface area (Å²) in [6.45, 7) is 2.21. The number of ether oxygens (including phenoxy) is 3. The number of carboxylic acid groups (broad SMARTS) is 1. The van der Waals surface area contributed by atoms with Crippen LogP contribution in [-0.2, 0) is 16.0 Å². The molecule has 3 rings (SSSR count). The highest BCUT2D eigenvalue weighted by Gasteiger charge is 2.33. The molecule has 0 spiro atoms. The standard InChI is InChI=1S/C22H25NO6/c1-14-5-4-6-16(9-14)29-13-21(24)23-8-7-15-10-19(27-2)20(28-3)11-17(15)18(23)12-22(25)26/h4-6,9-11,18H,7-8,12-13H2,1-3H3,(H,25,26). The topological polar surface area (TPSA) is 85.3 Å². The minimum atomic E-state index is -0.977. The van der Waals surface area contributed by atoms with E-state index in [9.17, 15) is 14.7 Å². The van der Waals surface area contributed by atoms with Crippen molar-refractivity contribution < 1.29 is 28.9 Å². The first-order chi connectivity index (χ1) is 13.9. The number of nitrogens with zero attached hydrogens (tertiary/aromatic N) is 1. The minimum absolute atomic E-state index is 0.151. The first-order valence-electron chi connectivity index (χ1n) is 9.38. The van der Waals surface area contributed by atoms with E-state index in [1.165, 1.54) is 7.11 Å². The molecule has 1 aliphatic heterocycles. The molecular formula is C22H25NO6. The van der Waals surface area contributed by atoms with Gasteiger partial charge in [0, 0.05) is 6.54 Å². The fourth-order valence-corrected chi connectivity index (χ4v) is 3.65. The highest BCUT2D eigenvalue weighted by Crippen LogP contribution is 2.39. The van der Waals surface area contributed by atoms with Gasteiger partial charge in [0.15, 0.2) is 18.1 Å². The number of amides is 1. The molecule has 1 unspecified atom stereocenters. The van der Waals surface area contributed by atoms with E-state index in [1.807, 2.05) is 31.2 Å². The van der Waals surface area contributed by atoms with Gasteiger partial charge in [0.25, 0.3) is 5.91 Å². The zero-order valence-corrected chi connectivity index (χ0v) is 16.8. The van der Waals surface area contributed by atoms with Gasteiger partial charge in [0.05, 0.1) is 26.7 Å². The van der Waals surface area contributed by atoms with Gasteiger partial charge in [0.1, 0.15) is 5.75 Å². The van der Waals surface area contributed by atoms with E-state index >= 15 is 0 Å². The number of benzene rings is 2. The van der Waals surface area contributed by atoms with E-state index in [-0.39, 0.29) is 18.9 Å². The summed E-state index contributed by atoms with van der Waals surface area (Å²) in [7, 11) is 3.08. The number of hydrogen-bond acceptors (Lipinski definition) is 5. The summed E-state index contributed by atoms with van der Waals surface area (Å²) >= 11 is 0. The average molecular weight is 399 g/mol. The Bertz CT molecular complexity index is 910. The van der Waals surface area contributed by atoms with Crippen LogP contribution in [0.25, 0.3) is 0 Å². The Kier molecular flexibility index (Phi) is 6.26. The van der Waals surface area contributed by atoms with Gasteiger partial charge in [-0.3, -0.25) is 9.59 Å². The van der Waals surface area contributed by atoms with Gasteiger partial charge >= 0.3 is 5.97 Å². The normalized spacial score (nSPS) is 15.4. The van der Waals surface area contributed by atoms with E-state index in [2.05, 4.69) is 0 Å². The second-order valence-electron chi connectivity index (χ2n) is 6.96. The maximum absolute atomic E-state index is 12.9. The van der Waals surface area contributed by atoms with Gasteiger partial charge < -0.3 is 24.2 Å². The number of carbonyl (C=O) groups excluding carboxylic acids is 1. The third kappa shape index (κ3) is 4.62. The fourth-order valence-electron chi connectivity index (χ4n) is 3.65. The second-order valence-corrected chi connectivity index (χ2v) is 6.96. The molecule has 0 saturated carbocycles. The number of hydrogen-bond donors (Lipinski definition) is 1. The quantitative estimate of drug-likeness (QED) is 0.770. The molecule has 0 fully saturated rings. The SMILES string of the molecule is COc1cc2c(cc1OC)C(CC(=O)O)N(C(=O)COc1cccc(C)c1)CC2. The van der Waals surface area contributed by atoms with Gasteiger partial charge in [-0.25, -0.2) is 0 Å². The molecule has 1 amide bonds. The van der Waals surface area contributed by atoms with Crippen LogP contribution in [0.3, 0.4) is 0 Å². The molecule has 1 N–H and O–H groups in total. The number of fused-ring (bicyclic) bond motifs is 1. The van der Waals surface area contributed by atoms with E-state index in [0.717, 1.165) is 16.7 Å². The van der Waals surface area contributed by atoms with Gasteiger partial charge in [-0.05, 0) is 54.3 Å². The van der Waals surface area contributed by atoms with Crippen LogP contribution in [0.4, 0.5) is 0 Å². The molecule has 0 saturated heterocycles. The molecule has 2 aromatic rings. The maximum Gasteiger partial charge on any atom is 0.305 e. The lowest BCUT2D eigenvalue weighted by Crippen LogP contribution is -2.43. The van der Waals surface area contributed by atoms with Crippen LogP contribution in [0.15, 0.2) is 36.4 Å². The van der Waals surface area contributed by atoms with Crippen LogP contribution in [0.1, 0.15) is 29.2 Å². The molecule has 7 heteroatoms. The minimum Gasteiger partial charge on any atom is -0.493 e. The zero-order chi connectivity index (χ0) is 21.0. The Morgan fingerprint density at radius 3 is 2.52 bits per heavy atom.